The molecule has 2 rings (SSSR count). The van der Waals surface area contributed by atoms with Crippen LogP contribution in [0.15, 0.2) is 29.6 Å². The van der Waals surface area contributed by atoms with Gasteiger partial charge in [0.05, 0.1) is 25.0 Å². The summed E-state index contributed by atoms with van der Waals surface area (Å²) in [5, 5.41) is 7.00. The summed E-state index contributed by atoms with van der Waals surface area (Å²) in [5.74, 6) is 0.603. The summed E-state index contributed by atoms with van der Waals surface area (Å²) in [7, 11) is -1.76. The molecule has 0 aromatic carbocycles. The zero-order chi connectivity index (χ0) is 15.3. The predicted molar refractivity (Wildman–Crippen MR) is 76.9 cm³/mol. The minimum atomic E-state index is -3.59. The number of aromatic nitrogens is 4. The van der Waals surface area contributed by atoms with Crippen molar-refractivity contribution in [3.63, 3.8) is 0 Å². The zero-order valence-electron chi connectivity index (χ0n) is 11.9. The molecule has 2 aromatic rings. The zero-order valence-corrected chi connectivity index (χ0v) is 12.8. The van der Waals surface area contributed by atoms with Crippen LogP contribution in [0.1, 0.15) is 11.5 Å². The van der Waals surface area contributed by atoms with Crippen LogP contribution >= 0.6 is 0 Å². The van der Waals surface area contributed by atoms with Crippen molar-refractivity contribution < 1.29 is 8.42 Å². The second-order valence-electron chi connectivity index (χ2n) is 4.46. The van der Waals surface area contributed by atoms with Crippen LogP contribution in [-0.2, 0) is 23.1 Å². The molecule has 0 aliphatic rings. The summed E-state index contributed by atoms with van der Waals surface area (Å²) < 4.78 is 28.4. The molecule has 0 radical (unpaired) electrons. The number of hydrogen-bond acceptors (Lipinski definition) is 6. The number of sulfonamides is 1. The van der Waals surface area contributed by atoms with Crippen molar-refractivity contribution in [3.05, 3.63) is 36.2 Å². The van der Waals surface area contributed by atoms with E-state index in [9.17, 15) is 8.42 Å². The first-order valence-electron chi connectivity index (χ1n) is 6.46. The van der Waals surface area contributed by atoms with Crippen molar-refractivity contribution in [2.45, 2.75) is 24.9 Å². The molecule has 2 aromatic heterocycles. The number of nitrogens with one attached hydrogen (secondary N) is 2. The van der Waals surface area contributed by atoms with E-state index in [2.05, 4.69) is 25.1 Å². The van der Waals surface area contributed by atoms with Crippen LogP contribution in [0.2, 0.25) is 0 Å². The van der Waals surface area contributed by atoms with Crippen LogP contribution < -0.4 is 10.0 Å². The van der Waals surface area contributed by atoms with Crippen LogP contribution in [0.3, 0.4) is 0 Å². The van der Waals surface area contributed by atoms with E-state index in [1.54, 1.807) is 23.9 Å². The molecule has 0 saturated heterocycles. The summed E-state index contributed by atoms with van der Waals surface area (Å²) in [6.45, 7) is 3.20. The molecule has 2 N–H and O–H groups in total. The highest BCUT2D eigenvalue weighted by Gasteiger charge is 2.16. The summed E-state index contributed by atoms with van der Waals surface area (Å²) in [6, 6.07) is 1.67. The maximum absolute atomic E-state index is 12.2. The average Bonchev–Trinajstić information content (AvgIpc) is 2.93. The van der Waals surface area contributed by atoms with Crippen LogP contribution in [0.25, 0.3) is 0 Å². The van der Waals surface area contributed by atoms with Crippen molar-refractivity contribution in [1.82, 2.24) is 29.8 Å². The van der Waals surface area contributed by atoms with Crippen molar-refractivity contribution in [1.29, 1.82) is 0 Å². The number of nitrogens with zero attached hydrogens (tertiary/aromatic N) is 4. The molecule has 9 heteroatoms. The summed E-state index contributed by atoms with van der Waals surface area (Å²) >= 11 is 0. The molecule has 0 atom stereocenters. The lowest BCUT2D eigenvalue weighted by atomic mass is 10.4. The Bertz CT molecular complexity index is 697. The lowest BCUT2D eigenvalue weighted by molar-refractivity contribution is 0.575. The van der Waals surface area contributed by atoms with Crippen molar-refractivity contribution in [2.24, 2.45) is 0 Å². The van der Waals surface area contributed by atoms with Gasteiger partial charge in [-0.2, -0.15) is 5.10 Å². The van der Waals surface area contributed by atoms with E-state index >= 15 is 0 Å². The number of hydrogen-bond donors (Lipinski definition) is 2. The summed E-state index contributed by atoms with van der Waals surface area (Å²) in [4.78, 5) is 8.26. The van der Waals surface area contributed by atoms with Crippen LogP contribution in [0.5, 0.6) is 0 Å². The molecule has 0 spiro atoms. The molecule has 0 fully saturated rings. The quantitative estimate of drug-likeness (QED) is 0.727. The summed E-state index contributed by atoms with van der Waals surface area (Å²) in [5.41, 5.74) is 0.619. The van der Waals surface area contributed by atoms with Crippen molar-refractivity contribution >= 4 is 10.0 Å². The van der Waals surface area contributed by atoms with Gasteiger partial charge in [-0.1, -0.05) is 0 Å². The van der Waals surface area contributed by atoms with Gasteiger partial charge in [-0.3, -0.25) is 4.68 Å². The first-order chi connectivity index (χ1) is 10.0. The van der Waals surface area contributed by atoms with E-state index in [-0.39, 0.29) is 11.4 Å². The molecule has 0 aliphatic carbocycles. The van der Waals surface area contributed by atoms with E-state index in [0.29, 0.717) is 18.1 Å². The van der Waals surface area contributed by atoms with Gasteiger partial charge < -0.3 is 5.32 Å². The fraction of sp³-hybridized carbons (Fsp3) is 0.417. The van der Waals surface area contributed by atoms with Gasteiger partial charge in [0.2, 0.25) is 10.0 Å². The third-order valence-corrected chi connectivity index (χ3v) is 4.14. The van der Waals surface area contributed by atoms with E-state index in [1.165, 1.54) is 12.4 Å². The van der Waals surface area contributed by atoms with Crippen molar-refractivity contribution in [3.8, 4) is 0 Å². The first kappa shape index (κ1) is 15.5. The fourth-order valence-corrected chi connectivity index (χ4v) is 2.64. The molecule has 0 bridgehead atoms. The van der Waals surface area contributed by atoms with E-state index in [4.69, 9.17) is 0 Å². The molecule has 21 heavy (non-hydrogen) atoms. The van der Waals surface area contributed by atoms with Gasteiger partial charge in [0.25, 0.3) is 0 Å². The predicted octanol–water partition coefficient (Wildman–Crippen LogP) is -0.321. The standard InChI is InChI=1S/C12H18N6O2S/c1-10-14-4-3-11(17-10)7-16-21(19,20)12-8-15-18(9-12)6-5-13-2/h3-4,8-9,13,16H,5-7H2,1-2H3. The SMILES string of the molecule is CNCCn1cc(S(=O)(=O)NCc2ccnc(C)n2)cn1. The van der Waals surface area contributed by atoms with Gasteiger partial charge in [-0.05, 0) is 20.0 Å². The molecule has 0 saturated carbocycles. The minimum absolute atomic E-state index is 0.118. The molecule has 0 aliphatic heterocycles. The second-order valence-corrected chi connectivity index (χ2v) is 6.23. The molecule has 0 amide bonds. The van der Waals surface area contributed by atoms with Gasteiger partial charge in [-0.25, -0.2) is 23.1 Å². The largest absolute Gasteiger partial charge is 0.318 e. The van der Waals surface area contributed by atoms with Crippen LogP contribution in [-0.4, -0.2) is 41.8 Å². The fourth-order valence-electron chi connectivity index (χ4n) is 1.69. The van der Waals surface area contributed by atoms with E-state index in [1.807, 2.05) is 7.05 Å². The third kappa shape index (κ3) is 4.31. The Balaban J connectivity index is 2.02. The van der Waals surface area contributed by atoms with Gasteiger partial charge >= 0.3 is 0 Å². The molecule has 8 nitrogen and oxygen atoms in total. The number of rotatable bonds is 7. The topological polar surface area (TPSA) is 102 Å². The maximum Gasteiger partial charge on any atom is 0.244 e. The Morgan fingerprint density at radius 2 is 2.19 bits per heavy atom. The smallest absolute Gasteiger partial charge is 0.244 e. The highest BCUT2D eigenvalue weighted by atomic mass is 32.2. The Kier molecular flexibility index (Phi) is 4.99. The summed E-state index contributed by atoms with van der Waals surface area (Å²) in [6.07, 6.45) is 4.44. The third-order valence-electron chi connectivity index (χ3n) is 2.79. The van der Waals surface area contributed by atoms with Gasteiger partial charge in [0, 0.05) is 18.9 Å². The van der Waals surface area contributed by atoms with E-state index in [0.717, 1.165) is 6.54 Å². The average molecular weight is 310 g/mol. The number of likely N-dealkylation sites (N-methyl/N-ethyl adjacent to an activating group) is 1. The monoisotopic (exact) mass is 310 g/mol. The molecular weight excluding hydrogens is 292 g/mol. The first-order valence-corrected chi connectivity index (χ1v) is 7.95. The molecule has 2 heterocycles. The molecule has 114 valence electrons. The second kappa shape index (κ2) is 6.74. The Hall–Kier alpha value is -1.84. The van der Waals surface area contributed by atoms with Crippen LogP contribution in [0.4, 0.5) is 0 Å². The highest BCUT2D eigenvalue weighted by molar-refractivity contribution is 7.89. The lowest BCUT2D eigenvalue weighted by Gasteiger charge is -2.04. The normalized spacial score (nSPS) is 11.7. The molecular formula is C12H18N6O2S. The van der Waals surface area contributed by atoms with Crippen molar-refractivity contribution in [2.75, 3.05) is 13.6 Å². The Morgan fingerprint density at radius 1 is 1.38 bits per heavy atom. The maximum atomic E-state index is 12.2. The van der Waals surface area contributed by atoms with Gasteiger partial charge in [0.15, 0.2) is 0 Å². The lowest BCUT2D eigenvalue weighted by Crippen LogP contribution is -2.23. The van der Waals surface area contributed by atoms with Crippen LogP contribution in [0, 0.1) is 6.92 Å². The number of aryl methyl sites for hydroxylation is 1. The highest BCUT2D eigenvalue weighted by Crippen LogP contribution is 2.07. The van der Waals surface area contributed by atoms with E-state index < -0.39 is 10.0 Å². The van der Waals surface area contributed by atoms with Gasteiger partial charge in [-0.15, -0.1) is 0 Å². The Labute approximate surface area is 123 Å². The molecule has 0 unspecified atom stereocenters. The Morgan fingerprint density at radius 3 is 2.90 bits per heavy atom. The minimum Gasteiger partial charge on any atom is -0.318 e. The van der Waals surface area contributed by atoms with Gasteiger partial charge in [0.1, 0.15) is 10.7 Å².